The molecule has 0 aromatic rings. The summed E-state index contributed by atoms with van der Waals surface area (Å²) in [7, 11) is 0. The molecule has 318 valence electrons. The molecule has 0 heterocycles. The molecule has 1 unspecified atom stereocenters. The Hall–Kier alpha value is -3.41. The van der Waals surface area contributed by atoms with Crippen molar-refractivity contribution in [3.05, 3.63) is 85.1 Å². The van der Waals surface area contributed by atoms with Crippen LogP contribution >= 0.6 is 0 Å². The van der Waals surface area contributed by atoms with Crippen molar-refractivity contribution in [2.24, 2.45) is 0 Å². The molecule has 0 aliphatic heterocycles. The molecule has 0 bridgehead atoms. The third-order valence-electron chi connectivity index (χ3n) is 9.11. The Kier molecular flexibility index (Phi) is 41.6. The maximum absolute atomic E-state index is 12.7. The zero-order valence-corrected chi connectivity index (χ0v) is 36.1. The van der Waals surface area contributed by atoms with Gasteiger partial charge in [-0.15, -0.1) is 0 Å². The zero-order chi connectivity index (χ0) is 40.8. The van der Waals surface area contributed by atoms with Crippen molar-refractivity contribution < 1.29 is 28.6 Å². The average Bonchev–Trinajstić information content (AvgIpc) is 3.19. The van der Waals surface area contributed by atoms with E-state index in [1.807, 2.05) is 0 Å². The fourth-order valence-corrected chi connectivity index (χ4v) is 5.76. The average molecular weight is 779 g/mol. The molecular formula is C50H82O6. The minimum Gasteiger partial charge on any atom is -0.462 e. The highest BCUT2D eigenvalue weighted by molar-refractivity contribution is 5.71. The zero-order valence-electron chi connectivity index (χ0n) is 36.1. The van der Waals surface area contributed by atoms with Crippen molar-refractivity contribution in [1.29, 1.82) is 0 Å². The Morgan fingerprint density at radius 1 is 0.375 bits per heavy atom. The van der Waals surface area contributed by atoms with Crippen LogP contribution in [0.4, 0.5) is 0 Å². The van der Waals surface area contributed by atoms with Gasteiger partial charge in [-0.3, -0.25) is 14.4 Å². The first-order valence-corrected chi connectivity index (χ1v) is 22.6. The summed E-state index contributed by atoms with van der Waals surface area (Å²) in [5.74, 6) is -1.00. The van der Waals surface area contributed by atoms with Crippen molar-refractivity contribution >= 4 is 17.9 Å². The van der Waals surface area contributed by atoms with E-state index >= 15 is 0 Å². The SMILES string of the molecule is CC/C=C\C/C=C\C/C=C\C/C=C\CCCCCC(=O)OCC(COC(=O)CCCC/C=C\C/C=C\CC)OC(=O)CCCCC/C=C\CCCCCCCC. The maximum Gasteiger partial charge on any atom is 0.306 e. The number of hydrogen-bond donors (Lipinski definition) is 0. The molecule has 0 N–H and O–H groups in total. The van der Waals surface area contributed by atoms with Gasteiger partial charge >= 0.3 is 17.9 Å². The lowest BCUT2D eigenvalue weighted by Crippen LogP contribution is -2.30. The fraction of sp³-hybridized carbons (Fsp3) is 0.660. The monoisotopic (exact) mass is 779 g/mol. The lowest BCUT2D eigenvalue weighted by atomic mass is 10.1. The second kappa shape index (κ2) is 44.3. The Morgan fingerprint density at radius 3 is 1.14 bits per heavy atom. The molecule has 0 spiro atoms. The minimum absolute atomic E-state index is 0.111. The first kappa shape index (κ1) is 52.6. The van der Waals surface area contributed by atoms with Crippen LogP contribution in [0.2, 0.25) is 0 Å². The molecule has 0 saturated heterocycles. The molecule has 0 amide bonds. The summed E-state index contributed by atoms with van der Waals surface area (Å²) in [6.07, 6.45) is 55.8. The van der Waals surface area contributed by atoms with Crippen LogP contribution in [0.25, 0.3) is 0 Å². The molecule has 0 rings (SSSR count). The van der Waals surface area contributed by atoms with E-state index in [9.17, 15) is 14.4 Å². The summed E-state index contributed by atoms with van der Waals surface area (Å²) in [5, 5.41) is 0. The van der Waals surface area contributed by atoms with Crippen LogP contribution in [0.5, 0.6) is 0 Å². The van der Waals surface area contributed by atoms with Gasteiger partial charge in [-0.25, -0.2) is 0 Å². The maximum atomic E-state index is 12.7. The summed E-state index contributed by atoms with van der Waals surface area (Å²) in [6, 6.07) is 0. The van der Waals surface area contributed by atoms with Crippen LogP contribution in [0, 0.1) is 0 Å². The Labute approximate surface area is 344 Å². The number of hydrogen-bond acceptors (Lipinski definition) is 6. The summed E-state index contributed by atoms with van der Waals surface area (Å²) < 4.78 is 16.6. The van der Waals surface area contributed by atoms with E-state index in [1.54, 1.807) is 0 Å². The quantitative estimate of drug-likeness (QED) is 0.0268. The van der Waals surface area contributed by atoms with Gasteiger partial charge in [0.2, 0.25) is 0 Å². The number of unbranched alkanes of at least 4 members (excludes halogenated alkanes) is 14. The van der Waals surface area contributed by atoms with Gasteiger partial charge in [0.15, 0.2) is 6.10 Å². The largest absolute Gasteiger partial charge is 0.462 e. The van der Waals surface area contributed by atoms with E-state index in [0.29, 0.717) is 19.3 Å². The van der Waals surface area contributed by atoms with Gasteiger partial charge in [-0.2, -0.15) is 0 Å². The van der Waals surface area contributed by atoms with E-state index in [1.165, 1.54) is 38.5 Å². The van der Waals surface area contributed by atoms with Crippen molar-refractivity contribution in [1.82, 2.24) is 0 Å². The predicted molar refractivity (Wildman–Crippen MR) is 237 cm³/mol. The van der Waals surface area contributed by atoms with Crippen LogP contribution in [-0.2, 0) is 28.6 Å². The second-order valence-corrected chi connectivity index (χ2v) is 14.5. The van der Waals surface area contributed by atoms with Crippen molar-refractivity contribution in [2.45, 2.75) is 200 Å². The molecule has 0 aromatic heterocycles. The first-order valence-electron chi connectivity index (χ1n) is 22.6. The smallest absolute Gasteiger partial charge is 0.306 e. The van der Waals surface area contributed by atoms with E-state index in [2.05, 4.69) is 106 Å². The van der Waals surface area contributed by atoms with Crippen molar-refractivity contribution in [2.75, 3.05) is 13.2 Å². The van der Waals surface area contributed by atoms with Gasteiger partial charge in [0, 0.05) is 19.3 Å². The third kappa shape index (κ3) is 41.7. The number of rotatable bonds is 39. The van der Waals surface area contributed by atoms with Crippen LogP contribution in [-0.4, -0.2) is 37.2 Å². The van der Waals surface area contributed by atoms with Gasteiger partial charge in [0.05, 0.1) is 0 Å². The minimum atomic E-state index is -0.808. The summed E-state index contributed by atoms with van der Waals surface area (Å²) in [5.41, 5.74) is 0. The summed E-state index contributed by atoms with van der Waals surface area (Å²) in [4.78, 5) is 37.7. The Balaban J connectivity index is 4.47. The molecule has 0 aliphatic carbocycles. The number of allylic oxidation sites excluding steroid dienone is 14. The van der Waals surface area contributed by atoms with Crippen LogP contribution in [0.1, 0.15) is 194 Å². The van der Waals surface area contributed by atoms with E-state index in [4.69, 9.17) is 14.2 Å². The number of carbonyl (C=O) groups is 3. The molecule has 0 saturated carbocycles. The molecule has 0 fully saturated rings. The van der Waals surface area contributed by atoms with Crippen LogP contribution in [0.3, 0.4) is 0 Å². The molecule has 6 heteroatoms. The molecule has 0 radical (unpaired) electrons. The van der Waals surface area contributed by atoms with E-state index in [-0.39, 0.29) is 31.1 Å². The van der Waals surface area contributed by atoms with Crippen LogP contribution in [0.15, 0.2) is 85.1 Å². The first-order chi connectivity index (χ1) is 27.5. The van der Waals surface area contributed by atoms with Gasteiger partial charge in [0.25, 0.3) is 0 Å². The van der Waals surface area contributed by atoms with Crippen molar-refractivity contribution in [3.8, 4) is 0 Å². The van der Waals surface area contributed by atoms with Crippen LogP contribution < -0.4 is 0 Å². The Morgan fingerprint density at radius 2 is 0.696 bits per heavy atom. The number of carbonyl (C=O) groups excluding carboxylic acids is 3. The molecule has 0 aliphatic rings. The molecule has 6 nitrogen and oxygen atoms in total. The normalized spacial score (nSPS) is 12.8. The summed E-state index contributed by atoms with van der Waals surface area (Å²) in [6.45, 7) is 6.29. The fourth-order valence-electron chi connectivity index (χ4n) is 5.76. The highest BCUT2D eigenvalue weighted by Gasteiger charge is 2.19. The predicted octanol–water partition coefficient (Wildman–Crippen LogP) is 14.5. The van der Waals surface area contributed by atoms with Gasteiger partial charge in [0.1, 0.15) is 13.2 Å². The van der Waals surface area contributed by atoms with Gasteiger partial charge in [-0.05, 0) is 109 Å². The van der Waals surface area contributed by atoms with E-state index < -0.39 is 6.10 Å². The molecule has 56 heavy (non-hydrogen) atoms. The topological polar surface area (TPSA) is 78.9 Å². The lowest BCUT2D eigenvalue weighted by Gasteiger charge is -2.18. The molecule has 0 aromatic carbocycles. The Bertz CT molecular complexity index is 1120. The highest BCUT2D eigenvalue weighted by Crippen LogP contribution is 2.11. The van der Waals surface area contributed by atoms with Gasteiger partial charge < -0.3 is 14.2 Å². The highest BCUT2D eigenvalue weighted by atomic mass is 16.6. The standard InChI is InChI=1S/C50H82O6/c1-4-7-10-13-16-19-21-23-24-25-27-28-31-34-37-40-43-49(52)55-46-47(45-54-48(51)42-39-36-33-30-18-15-12-9-6-3)56-50(53)44-41-38-35-32-29-26-22-20-17-14-11-8-5-2/h7,9-10,12,16,18-19,23-24,26-30,47H,4-6,8,11,13-15,17,20-22,25,31-46H2,1-3H3/b10-7-,12-9-,19-16-,24-23-,28-27-,29-26-,30-18-. The molecule has 1 atom stereocenters. The lowest BCUT2D eigenvalue weighted by molar-refractivity contribution is -0.167. The van der Waals surface area contributed by atoms with Crippen molar-refractivity contribution in [3.63, 3.8) is 0 Å². The molecular weight excluding hydrogens is 697 g/mol. The van der Waals surface area contributed by atoms with E-state index in [0.717, 1.165) is 116 Å². The third-order valence-corrected chi connectivity index (χ3v) is 9.11. The summed E-state index contributed by atoms with van der Waals surface area (Å²) >= 11 is 0. The second-order valence-electron chi connectivity index (χ2n) is 14.5. The van der Waals surface area contributed by atoms with Gasteiger partial charge in [-0.1, -0.05) is 151 Å². The number of esters is 3. The number of ether oxygens (including phenoxy) is 3.